The van der Waals surface area contributed by atoms with Gasteiger partial charge in [-0.15, -0.1) is 0 Å². The van der Waals surface area contributed by atoms with E-state index in [1.807, 2.05) is 0 Å². The summed E-state index contributed by atoms with van der Waals surface area (Å²) in [5.74, 6) is 1.82. The molecular formula is C14H28N2. The molecule has 2 fully saturated rings. The minimum atomic E-state index is 0.499. The average molecular weight is 224 g/mol. The van der Waals surface area contributed by atoms with Gasteiger partial charge in [0.25, 0.3) is 0 Å². The largest absolute Gasteiger partial charge is 0.328 e. The van der Waals surface area contributed by atoms with Gasteiger partial charge in [0.2, 0.25) is 0 Å². The van der Waals surface area contributed by atoms with Crippen LogP contribution < -0.4 is 11.1 Å². The SMILES string of the molecule is CC(CC1CCC(N)CC1)C1CCCCN1. The third-order valence-corrected chi connectivity index (χ3v) is 4.63. The summed E-state index contributed by atoms with van der Waals surface area (Å²) in [4.78, 5) is 0. The Bertz CT molecular complexity index is 191. The molecule has 16 heavy (non-hydrogen) atoms. The summed E-state index contributed by atoms with van der Waals surface area (Å²) in [5, 5.41) is 3.69. The number of nitrogens with one attached hydrogen (secondary N) is 1. The molecule has 1 saturated heterocycles. The molecular weight excluding hydrogens is 196 g/mol. The van der Waals surface area contributed by atoms with Gasteiger partial charge in [-0.05, 0) is 63.3 Å². The molecule has 2 aliphatic rings. The first-order valence-electron chi connectivity index (χ1n) is 7.24. The van der Waals surface area contributed by atoms with E-state index in [-0.39, 0.29) is 0 Å². The van der Waals surface area contributed by atoms with Crippen molar-refractivity contribution in [3.8, 4) is 0 Å². The molecule has 1 heterocycles. The third kappa shape index (κ3) is 3.46. The van der Waals surface area contributed by atoms with E-state index in [9.17, 15) is 0 Å². The molecule has 2 heteroatoms. The molecule has 3 N–H and O–H groups in total. The van der Waals surface area contributed by atoms with E-state index in [1.165, 1.54) is 57.9 Å². The van der Waals surface area contributed by atoms with Crippen molar-refractivity contribution in [3.05, 3.63) is 0 Å². The highest BCUT2D eigenvalue weighted by molar-refractivity contribution is 4.81. The Morgan fingerprint density at radius 3 is 2.50 bits per heavy atom. The first kappa shape index (κ1) is 12.4. The molecule has 2 nitrogen and oxygen atoms in total. The minimum absolute atomic E-state index is 0.499. The van der Waals surface area contributed by atoms with E-state index >= 15 is 0 Å². The first-order valence-corrected chi connectivity index (χ1v) is 7.24. The minimum Gasteiger partial charge on any atom is -0.328 e. The highest BCUT2D eigenvalue weighted by Gasteiger charge is 2.25. The van der Waals surface area contributed by atoms with Gasteiger partial charge in [-0.3, -0.25) is 0 Å². The summed E-state index contributed by atoms with van der Waals surface area (Å²) < 4.78 is 0. The monoisotopic (exact) mass is 224 g/mol. The Kier molecular flexibility index (Phi) is 4.66. The topological polar surface area (TPSA) is 38.0 Å². The molecule has 1 saturated carbocycles. The molecule has 2 rings (SSSR count). The molecule has 0 aromatic heterocycles. The Hall–Kier alpha value is -0.0800. The van der Waals surface area contributed by atoms with E-state index in [0.29, 0.717) is 6.04 Å². The van der Waals surface area contributed by atoms with Crippen LogP contribution in [0.2, 0.25) is 0 Å². The van der Waals surface area contributed by atoms with Crippen LogP contribution in [0.25, 0.3) is 0 Å². The van der Waals surface area contributed by atoms with Crippen molar-refractivity contribution < 1.29 is 0 Å². The van der Waals surface area contributed by atoms with Crippen LogP contribution in [0, 0.1) is 11.8 Å². The second-order valence-corrected chi connectivity index (χ2v) is 6.05. The van der Waals surface area contributed by atoms with Gasteiger partial charge >= 0.3 is 0 Å². The molecule has 0 spiro atoms. The fourth-order valence-electron chi connectivity index (χ4n) is 3.48. The maximum Gasteiger partial charge on any atom is 0.00928 e. The van der Waals surface area contributed by atoms with Crippen LogP contribution in [-0.4, -0.2) is 18.6 Å². The van der Waals surface area contributed by atoms with Gasteiger partial charge < -0.3 is 11.1 Å². The smallest absolute Gasteiger partial charge is 0.00928 e. The van der Waals surface area contributed by atoms with Gasteiger partial charge in [0.15, 0.2) is 0 Å². The van der Waals surface area contributed by atoms with Crippen LogP contribution in [0.5, 0.6) is 0 Å². The van der Waals surface area contributed by atoms with Crippen LogP contribution in [-0.2, 0) is 0 Å². The molecule has 94 valence electrons. The van der Waals surface area contributed by atoms with Crippen molar-refractivity contribution in [3.63, 3.8) is 0 Å². The van der Waals surface area contributed by atoms with Crippen molar-refractivity contribution in [2.45, 2.75) is 70.4 Å². The van der Waals surface area contributed by atoms with Crippen LogP contribution in [0.1, 0.15) is 58.3 Å². The zero-order chi connectivity index (χ0) is 11.4. The first-order chi connectivity index (χ1) is 7.75. The Morgan fingerprint density at radius 1 is 1.12 bits per heavy atom. The standard InChI is InChI=1S/C14H28N2/c1-11(14-4-2-3-9-16-14)10-12-5-7-13(15)8-6-12/h11-14,16H,2-10,15H2,1H3. The van der Waals surface area contributed by atoms with Gasteiger partial charge in [-0.2, -0.15) is 0 Å². The molecule has 0 aromatic rings. The third-order valence-electron chi connectivity index (χ3n) is 4.63. The number of hydrogen-bond acceptors (Lipinski definition) is 2. The van der Waals surface area contributed by atoms with E-state index in [0.717, 1.165) is 17.9 Å². The Balaban J connectivity index is 1.71. The lowest BCUT2D eigenvalue weighted by atomic mass is 9.78. The zero-order valence-electron chi connectivity index (χ0n) is 10.8. The van der Waals surface area contributed by atoms with Gasteiger partial charge in [-0.1, -0.05) is 13.3 Å². The molecule has 0 bridgehead atoms. The summed E-state index contributed by atoms with van der Waals surface area (Å²) in [7, 11) is 0. The number of nitrogens with two attached hydrogens (primary N) is 1. The highest BCUT2D eigenvalue weighted by Crippen LogP contribution is 2.31. The fraction of sp³-hybridized carbons (Fsp3) is 1.00. The second kappa shape index (κ2) is 6.02. The lowest BCUT2D eigenvalue weighted by molar-refractivity contribution is 0.226. The predicted octanol–water partition coefficient (Wildman–Crippen LogP) is 2.67. The van der Waals surface area contributed by atoms with E-state index in [2.05, 4.69) is 12.2 Å². The van der Waals surface area contributed by atoms with Crippen molar-refractivity contribution in [2.75, 3.05) is 6.54 Å². The lowest BCUT2D eigenvalue weighted by Crippen LogP contribution is -2.40. The molecule has 2 atom stereocenters. The predicted molar refractivity (Wildman–Crippen MR) is 69.4 cm³/mol. The van der Waals surface area contributed by atoms with E-state index < -0.39 is 0 Å². The van der Waals surface area contributed by atoms with E-state index in [1.54, 1.807) is 0 Å². The molecule has 0 amide bonds. The number of piperidine rings is 1. The molecule has 0 radical (unpaired) electrons. The summed E-state index contributed by atoms with van der Waals surface area (Å²) in [6.45, 7) is 3.68. The van der Waals surface area contributed by atoms with Crippen LogP contribution >= 0.6 is 0 Å². The van der Waals surface area contributed by atoms with Crippen LogP contribution in [0.3, 0.4) is 0 Å². The summed E-state index contributed by atoms with van der Waals surface area (Å²) in [5.41, 5.74) is 5.96. The van der Waals surface area contributed by atoms with Gasteiger partial charge in [0.1, 0.15) is 0 Å². The normalized spacial score (nSPS) is 38.2. The highest BCUT2D eigenvalue weighted by atomic mass is 14.9. The van der Waals surface area contributed by atoms with Crippen LogP contribution in [0.15, 0.2) is 0 Å². The maximum absolute atomic E-state index is 5.96. The number of hydrogen-bond donors (Lipinski definition) is 2. The second-order valence-electron chi connectivity index (χ2n) is 6.05. The zero-order valence-corrected chi connectivity index (χ0v) is 10.8. The van der Waals surface area contributed by atoms with Gasteiger partial charge in [0, 0.05) is 12.1 Å². The molecule has 0 aromatic carbocycles. The lowest BCUT2D eigenvalue weighted by Gasteiger charge is -2.33. The van der Waals surface area contributed by atoms with Gasteiger partial charge in [-0.25, -0.2) is 0 Å². The average Bonchev–Trinajstić information content (AvgIpc) is 2.33. The fourth-order valence-corrected chi connectivity index (χ4v) is 3.48. The summed E-state index contributed by atoms with van der Waals surface area (Å²) >= 11 is 0. The maximum atomic E-state index is 5.96. The van der Waals surface area contributed by atoms with Crippen molar-refractivity contribution in [1.29, 1.82) is 0 Å². The van der Waals surface area contributed by atoms with Gasteiger partial charge in [0.05, 0.1) is 0 Å². The van der Waals surface area contributed by atoms with Crippen LogP contribution in [0.4, 0.5) is 0 Å². The summed E-state index contributed by atoms with van der Waals surface area (Å²) in [6.07, 6.45) is 10.9. The quantitative estimate of drug-likeness (QED) is 0.773. The molecule has 2 unspecified atom stereocenters. The summed E-state index contributed by atoms with van der Waals surface area (Å²) in [6, 6.07) is 1.30. The van der Waals surface area contributed by atoms with Crippen molar-refractivity contribution in [1.82, 2.24) is 5.32 Å². The van der Waals surface area contributed by atoms with E-state index in [4.69, 9.17) is 5.73 Å². The van der Waals surface area contributed by atoms with Crippen molar-refractivity contribution >= 4 is 0 Å². The van der Waals surface area contributed by atoms with Crippen molar-refractivity contribution in [2.24, 2.45) is 17.6 Å². The Morgan fingerprint density at radius 2 is 1.88 bits per heavy atom. The molecule has 1 aliphatic carbocycles. The number of rotatable bonds is 3. The Labute approximate surface area is 100 Å². The molecule has 1 aliphatic heterocycles.